The van der Waals surface area contributed by atoms with E-state index in [-0.39, 0.29) is 11.4 Å². The van der Waals surface area contributed by atoms with Crippen molar-refractivity contribution in [3.63, 3.8) is 0 Å². The number of fused-ring (bicyclic) bond motifs is 5. The van der Waals surface area contributed by atoms with Crippen LogP contribution in [-0.4, -0.2) is 18.9 Å². The zero-order valence-electron chi connectivity index (χ0n) is 17.4. The zero-order valence-corrected chi connectivity index (χ0v) is 17.4. The fourth-order valence-electron chi connectivity index (χ4n) is 7.65. The van der Waals surface area contributed by atoms with Crippen LogP contribution in [0.3, 0.4) is 0 Å². The molecular formula is C24H36O3. The van der Waals surface area contributed by atoms with Crippen LogP contribution in [0, 0.1) is 34.5 Å². The van der Waals surface area contributed by atoms with E-state index in [4.69, 9.17) is 4.74 Å². The van der Waals surface area contributed by atoms with Crippen molar-refractivity contribution in [2.75, 3.05) is 7.11 Å². The number of ketones is 1. The summed E-state index contributed by atoms with van der Waals surface area (Å²) in [6.07, 6.45) is 14.3. The number of allylic oxidation sites excluding steroid dienone is 2. The molecule has 0 spiro atoms. The van der Waals surface area contributed by atoms with Crippen LogP contribution in [0.2, 0.25) is 0 Å². The highest BCUT2D eigenvalue weighted by Gasteiger charge is 2.58. The molecule has 0 saturated heterocycles. The average molecular weight is 373 g/mol. The van der Waals surface area contributed by atoms with Crippen molar-refractivity contribution in [2.45, 2.75) is 84.5 Å². The van der Waals surface area contributed by atoms with E-state index in [1.54, 1.807) is 0 Å². The van der Waals surface area contributed by atoms with Gasteiger partial charge < -0.3 is 4.74 Å². The van der Waals surface area contributed by atoms with Crippen LogP contribution < -0.4 is 0 Å². The van der Waals surface area contributed by atoms with E-state index in [9.17, 15) is 9.59 Å². The molecule has 6 unspecified atom stereocenters. The summed E-state index contributed by atoms with van der Waals surface area (Å²) in [5.41, 5.74) is 2.20. The third-order valence-electron chi connectivity index (χ3n) is 9.29. The number of esters is 1. The van der Waals surface area contributed by atoms with E-state index in [1.165, 1.54) is 51.2 Å². The van der Waals surface area contributed by atoms with Gasteiger partial charge in [-0.2, -0.15) is 0 Å². The summed E-state index contributed by atoms with van der Waals surface area (Å²) in [4.78, 5) is 23.5. The number of carbonyl (C=O) groups is 2. The fraction of sp³-hybridized carbons (Fsp3) is 0.833. The van der Waals surface area contributed by atoms with Crippen molar-refractivity contribution in [3.05, 3.63) is 11.6 Å². The van der Waals surface area contributed by atoms with E-state index in [0.29, 0.717) is 17.6 Å². The molecule has 4 rings (SSSR count). The topological polar surface area (TPSA) is 43.4 Å². The number of rotatable bonds is 4. The minimum Gasteiger partial charge on any atom is -0.469 e. The lowest BCUT2D eigenvalue weighted by Crippen LogP contribution is -2.50. The van der Waals surface area contributed by atoms with Crippen LogP contribution in [0.4, 0.5) is 0 Å². The Balaban J connectivity index is 1.49. The number of hydrogen-bond donors (Lipinski definition) is 0. The smallest absolute Gasteiger partial charge is 0.305 e. The molecule has 0 aromatic rings. The van der Waals surface area contributed by atoms with Crippen molar-refractivity contribution in [1.82, 2.24) is 0 Å². The lowest BCUT2D eigenvalue weighted by Gasteiger charge is -2.57. The summed E-state index contributed by atoms with van der Waals surface area (Å²) in [7, 11) is 1.49. The second kappa shape index (κ2) is 7.04. The molecule has 3 saturated carbocycles. The summed E-state index contributed by atoms with van der Waals surface area (Å²) >= 11 is 0. The number of ether oxygens (including phenoxy) is 1. The molecule has 150 valence electrons. The van der Waals surface area contributed by atoms with Gasteiger partial charge in [-0.3, -0.25) is 9.59 Å². The Labute approximate surface area is 164 Å². The van der Waals surface area contributed by atoms with Crippen LogP contribution in [0.1, 0.15) is 84.5 Å². The predicted octanol–water partition coefficient (Wildman–Crippen LogP) is 5.48. The van der Waals surface area contributed by atoms with E-state index < -0.39 is 0 Å². The van der Waals surface area contributed by atoms with Gasteiger partial charge in [0.2, 0.25) is 0 Å². The van der Waals surface area contributed by atoms with Gasteiger partial charge in [-0.05, 0) is 85.9 Å². The van der Waals surface area contributed by atoms with Crippen molar-refractivity contribution in [1.29, 1.82) is 0 Å². The lowest BCUT2D eigenvalue weighted by atomic mass is 9.47. The van der Waals surface area contributed by atoms with Gasteiger partial charge in [0, 0.05) is 19.3 Å². The Morgan fingerprint density at radius 1 is 1.19 bits per heavy atom. The number of hydrogen-bond acceptors (Lipinski definition) is 3. The highest BCUT2D eigenvalue weighted by Crippen LogP contribution is 2.66. The van der Waals surface area contributed by atoms with Crippen LogP contribution in [0.15, 0.2) is 11.6 Å². The molecule has 0 aliphatic heterocycles. The molecule has 4 aliphatic carbocycles. The van der Waals surface area contributed by atoms with Crippen LogP contribution in [-0.2, 0) is 14.3 Å². The molecule has 0 N–H and O–H groups in total. The summed E-state index contributed by atoms with van der Waals surface area (Å²) in [6, 6.07) is 0. The Morgan fingerprint density at radius 3 is 2.78 bits per heavy atom. The SMILES string of the molecule is COC(=O)CCCC1CCC2C3CC=C4CC(=O)CCC4(C)C3CCC12C. The van der Waals surface area contributed by atoms with Gasteiger partial charge >= 0.3 is 5.97 Å². The minimum absolute atomic E-state index is 0.0666. The fourth-order valence-corrected chi connectivity index (χ4v) is 7.65. The first kappa shape index (κ1) is 19.2. The van der Waals surface area contributed by atoms with Gasteiger partial charge in [0.1, 0.15) is 5.78 Å². The van der Waals surface area contributed by atoms with Gasteiger partial charge in [0.25, 0.3) is 0 Å². The van der Waals surface area contributed by atoms with Gasteiger partial charge in [0.15, 0.2) is 0 Å². The van der Waals surface area contributed by atoms with E-state index in [1.807, 2.05) is 0 Å². The lowest BCUT2D eigenvalue weighted by molar-refractivity contribution is -0.140. The van der Waals surface area contributed by atoms with E-state index in [0.717, 1.165) is 49.4 Å². The monoisotopic (exact) mass is 372 g/mol. The third-order valence-corrected chi connectivity index (χ3v) is 9.29. The van der Waals surface area contributed by atoms with Gasteiger partial charge in [0.05, 0.1) is 7.11 Å². The molecule has 0 heterocycles. The Bertz CT molecular complexity index is 650. The molecule has 3 heteroatoms. The molecule has 0 bridgehead atoms. The van der Waals surface area contributed by atoms with Crippen molar-refractivity contribution in [3.8, 4) is 0 Å². The molecule has 3 fully saturated rings. The Kier molecular flexibility index (Phi) is 5.01. The van der Waals surface area contributed by atoms with E-state index in [2.05, 4.69) is 19.9 Å². The maximum atomic E-state index is 12.0. The van der Waals surface area contributed by atoms with Gasteiger partial charge in [-0.15, -0.1) is 0 Å². The summed E-state index contributed by atoms with van der Waals surface area (Å²) in [6.45, 7) is 5.02. The first-order valence-corrected chi connectivity index (χ1v) is 11.2. The van der Waals surface area contributed by atoms with Crippen molar-refractivity contribution in [2.24, 2.45) is 34.5 Å². The largest absolute Gasteiger partial charge is 0.469 e. The zero-order chi connectivity index (χ0) is 19.2. The average Bonchev–Trinajstić information content (AvgIpc) is 2.99. The molecule has 0 aromatic carbocycles. The number of carbonyl (C=O) groups excluding carboxylic acids is 2. The molecule has 3 nitrogen and oxygen atoms in total. The second-order valence-corrected chi connectivity index (χ2v) is 10.3. The molecule has 0 amide bonds. The van der Waals surface area contributed by atoms with Crippen LogP contribution >= 0.6 is 0 Å². The minimum atomic E-state index is -0.0666. The Morgan fingerprint density at radius 2 is 2.00 bits per heavy atom. The van der Waals surface area contributed by atoms with Crippen LogP contribution in [0.5, 0.6) is 0 Å². The van der Waals surface area contributed by atoms with Gasteiger partial charge in [-0.1, -0.05) is 25.5 Å². The first-order valence-electron chi connectivity index (χ1n) is 11.2. The van der Waals surface area contributed by atoms with E-state index >= 15 is 0 Å². The van der Waals surface area contributed by atoms with Crippen molar-refractivity contribution >= 4 is 11.8 Å². The molecule has 0 radical (unpaired) electrons. The highest BCUT2D eigenvalue weighted by atomic mass is 16.5. The standard InChI is InChI=1S/C24H36O3/c1-23-14-12-21-19(9-7-17-15-18(25)11-13-24(17,21)2)20(23)10-8-16(23)5-4-6-22(26)27-3/h7,16,19-21H,4-6,8-15H2,1-3H3. The molecule has 6 atom stereocenters. The number of Topliss-reactive ketones (excluding diaryl/α,β-unsaturated/α-hetero) is 1. The third kappa shape index (κ3) is 3.09. The van der Waals surface area contributed by atoms with Crippen molar-refractivity contribution < 1.29 is 14.3 Å². The summed E-state index contributed by atoms with van der Waals surface area (Å²) in [5.74, 6) is 3.55. The molecular weight excluding hydrogens is 336 g/mol. The Hall–Kier alpha value is -1.12. The molecule has 4 aliphatic rings. The molecule has 0 aromatic heterocycles. The van der Waals surface area contributed by atoms with Crippen LogP contribution in [0.25, 0.3) is 0 Å². The first-order chi connectivity index (χ1) is 12.9. The maximum Gasteiger partial charge on any atom is 0.305 e. The number of methoxy groups -OCH3 is 1. The quantitative estimate of drug-likeness (QED) is 0.485. The maximum absolute atomic E-state index is 12.0. The highest BCUT2D eigenvalue weighted by molar-refractivity contribution is 5.82. The normalized spacial score (nSPS) is 43.4. The predicted molar refractivity (Wildman–Crippen MR) is 106 cm³/mol. The molecule has 27 heavy (non-hydrogen) atoms. The summed E-state index contributed by atoms with van der Waals surface area (Å²) in [5, 5.41) is 0. The van der Waals surface area contributed by atoms with Gasteiger partial charge in [-0.25, -0.2) is 0 Å². The summed E-state index contributed by atoms with van der Waals surface area (Å²) < 4.78 is 4.82. The second-order valence-electron chi connectivity index (χ2n) is 10.3.